The fourth-order valence-corrected chi connectivity index (χ4v) is 1.43. The van der Waals surface area contributed by atoms with E-state index in [1.807, 2.05) is 12.1 Å². The van der Waals surface area contributed by atoms with Gasteiger partial charge in [0.15, 0.2) is 5.78 Å². The first-order chi connectivity index (χ1) is 6.63. The van der Waals surface area contributed by atoms with Gasteiger partial charge >= 0.3 is 0 Å². The average Bonchev–Trinajstić information content (AvgIpc) is 2.18. The van der Waals surface area contributed by atoms with Gasteiger partial charge in [-0.2, -0.15) is 0 Å². The van der Waals surface area contributed by atoms with Gasteiger partial charge in [-0.1, -0.05) is 40.2 Å². The molecule has 1 N–H and O–H groups in total. The third-order valence-electron chi connectivity index (χ3n) is 2.01. The number of hydrogen-bond acceptors (Lipinski definition) is 2. The Morgan fingerprint density at radius 2 is 2.00 bits per heavy atom. The first-order valence-corrected chi connectivity index (χ1v) is 5.59. The van der Waals surface area contributed by atoms with Crippen molar-refractivity contribution in [2.45, 2.75) is 19.4 Å². The minimum absolute atomic E-state index is 0.0672. The van der Waals surface area contributed by atoms with Crippen LogP contribution in [-0.2, 0) is 6.42 Å². The molecule has 1 aromatic carbocycles. The lowest BCUT2D eigenvalue weighted by Crippen LogP contribution is -2.11. The number of carbonyl (C=O) groups is 1. The van der Waals surface area contributed by atoms with Crippen molar-refractivity contribution in [1.29, 1.82) is 0 Å². The second-order valence-corrected chi connectivity index (χ2v) is 3.91. The zero-order valence-corrected chi connectivity index (χ0v) is 9.62. The molecule has 0 aliphatic rings. The van der Waals surface area contributed by atoms with Gasteiger partial charge in [0.1, 0.15) is 0 Å². The molecule has 0 radical (unpaired) electrons. The Hall–Kier alpha value is -0.670. The Kier molecular flexibility index (Phi) is 4.29. The van der Waals surface area contributed by atoms with E-state index >= 15 is 0 Å². The van der Waals surface area contributed by atoms with Crippen LogP contribution in [0.15, 0.2) is 24.3 Å². The first kappa shape index (κ1) is 11.4. The molecule has 0 fully saturated rings. The van der Waals surface area contributed by atoms with E-state index in [0.717, 1.165) is 5.56 Å². The van der Waals surface area contributed by atoms with E-state index in [0.29, 0.717) is 17.3 Å². The van der Waals surface area contributed by atoms with Gasteiger partial charge in [-0.15, -0.1) is 0 Å². The first-order valence-electron chi connectivity index (χ1n) is 4.47. The number of Topliss-reactive ketones (excluding diaryl/α,β-unsaturated/α-hetero) is 1. The molecule has 2 nitrogen and oxygen atoms in total. The van der Waals surface area contributed by atoms with Gasteiger partial charge < -0.3 is 5.11 Å². The van der Waals surface area contributed by atoms with E-state index in [9.17, 15) is 9.90 Å². The van der Waals surface area contributed by atoms with Crippen LogP contribution in [0.5, 0.6) is 0 Å². The molecule has 0 heterocycles. The zero-order valence-electron chi connectivity index (χ0n) is 8.03. The number of aliphatic hydroxyl groups is 1. The Balaban J connectivity index is 2.68. The Morgan fingerprint density at radius 3 is 2.43 bits per heavy atom. The normalized spacial score (nSPS) is 12.5. The molecule has 0 saturated carbocycles. The molecule has 0 saturated heterocycles. The third-order valence-corrected chi connectivity index (χ3v) is 2.76. The minimum atomic E-state index is -0.363. The van der Waals surface area contributed by atoms with Crippen LogP contribution >= 0.6 is 15.9 Å². The summed E-state index contributed by atoms with van der Waals surface area (Å²) in [7, 11) is 0. The van der Waals surface area contributed by atoms with Crippen LogP contribution in [0.2, 0.25) is 0 Å². The van der Waals surface area contributed by atoms with E-state index in [4.69, 9.17) is 0 Å². The van der Waals surface area contributed by atoms with Crippen molar-refractivity contribution in [2.75, 3.05) is 5.33 Å². The van der Waals surface area contributed by atoms with Crippen LogP contribution in [0.1, 0.15) is 22.8 Å². The summed E-state index contributed by atoms with van der Waals surface area (Å²) in [4.78, 5) is 11.0. The standard InChI is InChI=1S/C11H13BrO2/c1-8(13)10-4-2-9(3-5-10)6-11(14)7-12/h2-5,11,14H,6-7H2,1H3. The fourth-order valence-electron chi connectivity index (χ4n) is 1.20. The number of benzene rings is 1. The number of carbonyl (C=O) groups excluding carboxylic acids is 1. The lowest BCUT2D eigenvalue weighted by Gasteiger charge is -2.06. The maximum absolute atomic E-state index is 11.0. The smallest absolute Gasteiger partial charge is 0.159 e. The fraction of sp³-hybridized carbons (Fsp3) is 0.364. The highest BCUT2D eigenvalue weighted by Crippen LogP contribution is 2.08. The highest BCUT2D eigenvalue weighted by Gasteiger charge is 2.04. The lowest BCUT2D eigenvalue weighted by atomic mass is 10.1. The summed E-state index contributed by atoms with van der Waals surface area (Å²) in [5, 5.41) is 9.95. The Morgan fingerprint density at radius 1 is 1.43 bits per heavy atom. The van der Waals surface area contributed by atoms with Crippen molar-refractivity contribution in [1.82, 2.24) is 0 Å². The van der Waals surface area contributed by atoms with E-state index in [1.165, 1.54) is 0 Å². The van der Waals surface area contributed by atoms with Crippen molar-refractivity contribution >= 4 is 21.7 Å². The monoisotopic (exact) mass is 256 g/mol. The SMILES string of the molecule is CC(=O)c1ccc(CC(O)CBr)cc1. The molecule has 0 aliphatic carbocycles. The molecule has 0 aliphatic heterocycles. The number of ketones is 1. The molecule has 76 valence electrons. The van der Waals surface area contributed by atoms with Gasteiger partial charge in [0.2, 0.25) is 0 Å². The molecule has 1 rings (SSSR count). The zero-order chi connectivity index (χ0) is 10.6. The average molecular weight is 257 g/mol. The summed E-state index contributed by atoms with van der Waals surface area (Å²) in [5.41, 5.74) is 1.75. The van der Waals surface area contributed by atoms with Crippen LogP contribution in [-0.4, -0.2) is 22.3 Å². The summed E-state index contributed by atoms with van der Waals surface area (Å²) < 4.78 is 0. The molecule has 0 spiro atoms. The summed E-state index contributed by atoms with van der Waals surface area (Å²) in [6.07, 6.45) is 0.252. The van der Waals surface area contributed by atoms with Crippen LogP contribution in [0.25, 0.3) is 0 Å². The summed E-state index contributed by atoms with van der Waals surface area (Å²) in [6, 6.07) is 7.34. The lowest BCUT2D eigenvalue weighted by molar-refractivity contribution is 0.101. The summed E-state index contributed by atoms with van der Waals surface area (Å²) in [6.45, 7) is 1.54. The number of halogens is 1. The molecule has 0 amide bonds. The van der Waals surface area contributed by atoms with Crippen molar-refractivity contribution in [3.05, 3.63) is 35.4 Å². The van der Waals surface area contributed by atoms with Crippen molar-refractivity contribution in [2.24, 2.45) is 0 Å². The number of rotatable bonds is 4. The second-order valence-electron chi connectivity index (χ2n) is 3.27. The van der Waals surface area contributed by atoms with Crippen LogP contribution in [0.4, 0.5) is 0 Å². The van der Waals surface area contributed by atoms with Gasteiger partial charge in [0.05, 0.1) is 6.10 Å². The molecular formula is C11H13BrO2. The van der Waals surface area contributed by atoms with Crippen molar-refractivity contribution in [3.63, 3.8) is 0 Å². The third kappa shape index (κ3) is 3.24. The summed E-state index contributed by atoms with van der Waals surface area (Å²) >= 11 is 3.21. The number of hydrogen-bond donors (Lipinski definition) is 1. The molecule has 3 heteroatoms. The molecule has 1 unspecified atom stereocenters. The van der Waals surface area contributed by atoms with Gasteiger partial charge in [0.25, 0.3) is 0 Å². The minimum Gasteiger partial charge on any atom is -0.392 e. The molecule has 0 bridgehead atoms. The second kappa shape index (κ2) is 5.27. The number of aliphatic hydroxyl groups excluding tert-OH is 1. The number of alkyl halides is 1. The van der Waals surface area contributed by atoms with Gasteiger partial charge in [0, 0.05) is 10.9 Å². The predicted molar refractivity (Wildman–Crippen MR) is 60.0 cm³/mol. The van der Waals surface area contributed by atoms with Crippen LogP contribution < -0.4 is 0 Å². The van der Waals surface area contributed by atoms with Crippen LogP contribution in [0, 0.1) is 0 Å². The molecular weight excluding hydrogens is 244 g/mol. The Bertz CT molecular complexity index is 306. The largest absolute Gasteiger partial charge is 0.392 e. The van der Waals surface area contributed by atoms with E-state index in [1.54, 1.807) is 19.1 Å². The maximum Gasteiger partial charge on any atom is 0.159 e. The summed E-state index contributed by atoms with van der Waals surface area (Å²) in [5.74, 6) is 0.0672. The molecule has 1 aromatic rings. The van der Waals surface area contributed by atoms with Gasteiger partial charge in [-0.05, 0) is 18.9 Å². The van der Waals surface area contributed by atoms with E-state index < -0.39 is 0 Å². The quantitative estimate of drug-likeness (QED) is 0.663. The van der Waals surface area contributed by atoms with E-state index in [-0.39, 0.29) is 11.9 Å². The highest BCUT2D eigenvalue weighted by molar-refractivity contribution is 9.09. The van der Waals surface area contributed by atoms with Crippen LogP contribution in [0.3, 0.4) is 0 Å². The molecule has 1 atom stereocenters. The Labute approximate surface area is 92.1 Å². The molecule has 0 aromatic heterocycles. The van der Waals surface area contributed by atoms with Gasteiger partial charge in [-0.3, -0.25) is 4.79 Å². The topological polar surface area (TPSA) is 37.3 Å². The van der Waals surface area contributed by atoms with Gasteiger partial charge in [-0.25, -0.2) is 0 Å². The maximum atomic E-state index is 11.0. The highest BCUT2D eigenvalue weighted by atomic mass is 79.9. The van der Waals surface area contributed by atoms with Crippen molar-refractivity contribution < 1.29 is 9.90 Å². The predicted octanol–water partition coefficient (Wildman–Crippen LogP) is 2.19. The molecule has 14 heavy (non-hydrogen) atoms. The van der Waals surface area contributed by atoms with E-state index in [2.05, 4.69) is 15.9 Å². The van der Waals surface area contributed by atoms with Crippen molar-refractivity contribution in [3.8, 4) is 0 Å².